The lowest BCUT2D eigenvalue weighted by molar-refractivity contribution is -0.167. The number of ether oxygens (including phenoxy) is 3. The van der Waals surface area contributed by atoms with E-state index < -0.39 is 6.10 Å². The SMILES string of the molecule is CCCCC/C=C\C/C=C\C/C=C\CCCCC(=O)OC[C@H](COC(=O)CCCCCCCCCCCCCCCCC)OC(=O)CCCCCCCCCCC/C=C\CCCCCCCC. The number of carbonyl (C=O) groups is 3. The number of rotatable bonds is 53. The van der Waals surface area contributed by atoms with Crippen LogP contribution in [0.15, 0.2) is 48.6 Å². The van der Waals surface area contributed by atoms with E-state index in [1.807, 2.05) is 0 Å². The van der Waals surface area contributed by atoms with Crippen molar-refractivity contribution in [2.45, 2.75) is 309 Å². The molecular weight excluding hydrogens is 829 g/mol. The van der Waals surface area contributed by atoms with Crippen molar-refractivity contribution >= 4 is 17.9 Å². The molecule has 390 valence electrons. The maximum Gasteiger partial charge on any atom is 0.306 e. The maximum absolute atomic E-state index is 12.9. The second kappa shape index (κ2) is 56.0. The van der Waals surface area contributed by atoms with Crippen molar-refractivity contribution in [1.29, 1.82) is 0 Å². The first-order valence-electron chi connectivity index (χ1n) is 29.1. The van der Waals surface area contributed by atoms with Crippen molar-refractivity contribution in [3.8, 4) is 0 Å². The van der Waals surface area contributed by atoms with Crippen LogP contribution in [0.5, 0.6) is 0 Å². The highest BCUT2D eigenvalue weighted by atomic mass is 16.6. The molecule has 0 N–H and O–H groups in total. The quantitative estimate of drug-likeness (QED) is 0.0262. The summed E-state index contributed by atoms with van der Waals surface area (Å²) < 4.78 is 16.8. The third-order valence-electron chi connectivity index (χ3n) is 12.8. The number of unbranched alkanes of at least 4 members (excludes halogenated alkanes) is 34. The van der Waals surface area contributed by atoms with Crippen LogP contribution in [0.4, 0.5) is 0 Å². The molecule has 6 heteroatoms. The Labute approximate surface area is 416 Å². The van der Waals surface area contributed by atoms with Gasteiger partial charge in [-0.2, -0.15) is 0 Å². The van der Waals surface area contributed by atoms with E-state index in [0.29, 0.717) is 19.3 Å². The monoisotopic (exact) mass is 939 g/mol. The molecule has 0 saturated heterocycles. The minimum Gasteiger partial charge on any atom is -0.462 e. The molecule has 0 fully saturated rings. The van der Waals surface area contributed by atoms with E-state index in [1.54, 1.807) is 0 Å². The van der Waals surface area contributed by atoms with Crippen LogP contribution in [-0.2, 0) is 28.6 Å². The average molecular weight is 940 g/mol. The summed E-state index contributed by atoms with van der Waals surface area (Å²) in [6.45, 7) is 6.61. The van der Waals surface area contributed by atoms with E-state index in [4.69, 9.17) is 14.2 Å². The van der Waals surface area contributed by atoms with Crippen LogP contribution >= 0.6 is 0 Å². The fourth-order valence-corrected chi connectivity index (χ4v) is 8.39. The molecule has 0 bridgehead atoms. The molecule has 0 unspecified atom stereocenters. The molecule has 0 radical (unpaired) electrons. The second-order valence-corrected chi connectivity index (χ2v) is 19.6. The predicted octanol–water partition coefficient (Wildman–Crippen LogP) is 19.4. The van der Waals surface area contributed by atoms with Crippen LogP contribution in [0.3, 0.4) is 0 Å². The van der Waals surface area contributed by atoms with Gasteiger partial charge in [0.05, 0.1) is 0 Å². The van der Waals surface area contributed by atoms with Gasteiger partial charge in [0.25, 0.3) is 0 Å². The molecule has 0 rings (SSSR count). The molecule has 0 aliphatic carbocycles. The lowest BCUT2D eigenvalue weighted by Gasteiger charge is -2.18. The Balaban J connectivity index is 4.39. The lowest BCUT2D eigenvalue weighted by Crippen LogP contribution is -2.30. The number of esters is 3. The topological polar surface area (TPSA) is 78.9 Å². The van der Waals surface area contributed by atoms with Crippen molar-refractivity contribution in [2.75, 3.05) is 13.2 Å². The van der Waals surface area contributed by atoms with Crippen LogP contribution in [-0.4, -0.2) is 37.2 Å². The van der Waals surface area contributed by atoms with Gasteiger partial charge >= 0.3 is 17.9 Å². The van der Waals surface area contributed by atoms with Gasteiger partial charge in [0.1, 0.15) is 13.2 Å². The standard InChI is InChI=1S/C61H110O6/c1-4-7-10-13-16-19-22-25-28-29-30-31-34-37-40-43-46-49-52-55-61(64)67-58(56-65-59(62)53-50-47-44-41-38-35-32-26-23-20-17-14-11-8-5-2)57-66-60(63)54-51-48-45-42-39-36-33-27-24-21-18-15-12-9-6-3/h17,20,25-26,28,32,38,41,58H,4-16,18-19,21-24,27,29-31,33-37,39-40,42-57H2,1-3H3/b20-17-,28-25-,32-26-,41-38-/t58-/m1/s1. The van der Waals surface area contributed by atoms with Gasteiger partial charge in [-0.25, -0.2) is 0 Å². The van der Waals surface area contributed by atoms with E-state index in [0.717, 1.165) is 70.6 Å². The predicted molar refractivity (Wildman–Crippen MR) is 289 cm³/mol. The summed E-state index contributed by atoms with van der Waals surface area (Å²) >= 11 is 0. The van der Waals surface area contributed by atoms with Crippen molar-refractivity contribution in [3.63, 3.8) is 0 Å². The molecule has 0 aromatic carbocycles. The van der Waals surface area contributed by atoms with Crippen LogP contribution < -0.4 is 0 Å². The summed E-state index contributed by atoms with van der Waals surface area (Å²) in [6.07, 6.45) is 68.1. The summed E-state index contributed by atoms with van der Waals surface area (Å²) in [6, 6.07) is 0. The zero-order valence-electron chi connectivity index (χ0n) is 44.7. The van der Waals surface area contributed by atoms with Gasteiger partial charge in [-0.05, 0) is 83.5 Å². The highest BCUT2D eigenvalue weighted by molar-refractivity contribution is 5.71. The Bertz CT molecular complexity index is 1170. The van der Waals surface area contributed by atoms with Crippen LogP contribution in [0, 0.1) is 0 Å². The zero-order chi connectivity index (χ0) is 48.6. The van der Waals surface area contributed by atoms with Crippen LogP contribution in [0.1, 0.15) is 303 Å². The summed E-state index contributed by atoms with van der Waals surface area (Å²) in [7, 11) is 0. The third-order valence-corrected chi connectivity index (χ3v) is 12.8. The number of carbonyl (C=O) groups excluding carboxylic acids is 3. The van der Waals surface area contributed by atoms with Crippen molar-refractivity contribution in [1.82, 2.24) is 0 Å². The van der Waals surface area contributed by atoms with Gasteiger partial charge in [0.2, 0.25) is 0 Å². The van der Waals surface area contributed by atoms with E-state index in [2.05, 4.69) is 69.4 Å². The minimum atomic E-state index is -0.787. The Morgan fingerprint density at radius 1 is 0.299 bits per heavy atom. The summed E-state index contributed by atoms with van der Waals surface area (Å²) in [4.78, 5) is 38.1. The fourth-order valence-electron chi connectivity index (χ4n) is 8.39. The zero-order valence-corrected chi connectivity index (χ0v) is 44.7. The number of hydrogen-bond acceptors (Lipinski definition) is 6. The maximum atomic E-state index is 12.9. The van der Waals surface area contributed by atoms with E-state index >= 15 is 0 Å². The fraction of sp³-hybridized carbons (Fsp3) is 0.820. The number of allylic oxidation sites excluding steroid dienone is 8. The van der Waals surface area contributed by atoms with Gasteiger partial charge in [-0.15, -0.1) is 0 Å². The molecule has 0 spiro atoms. The van der Waals surface area contributed by atoms with Gasteiger partial charge < -0.3 is 14.2 Å². The minimum absolute atomic E-state index is 0.0828. The second-order valence-electron chi connectivity index (χ2n) is 19.6. The van der Waals surface area contributed by atoms with Gasteiger partial charge in [0.15, 0.2) is 6.10 Å². The smallest absolute Gasteiger partial charge is 0.306 e. The first-order chi connectivity index (χ1) is 33.0. The molecule has 0 heterocycles. The molecule has 67 heavy (non-hydrogen) atoms. The molecule has 6 nitrogen and oxygen atoms in total. The van der Waals surface area contributed by atoms with Gasteiger partial charge in [-0.1, -0.05) is 249 Å². The highest BCUT2D eigenvalue weighted by Gasteiger charge is 2.19. The van der Waals surface area contributed by atoms with Crippen LogP contribution in [0.2, 0.25) is 0 Å². The molecule has 1 atom stereocenters. The largest absolute Gasteiger partial charge is 0.462 e. The Kier molecular flexibility index (Phi) is 53.8. The van der Waals surface area contributed by atoms with Gasteiger partial charge in [-0.3, -0.25) is 14.4 Å². The molecule has 0 aliphatic rings. The molecular formula is C61H110O6. The summed E-state index contributed by atoms with van der Waals surface area (Å²) in [5.41, 5.74) is 0. The van der Waals surface area contributed by atoms with Crippen LogP contribution in [0.25, 0.3) is 0 Å². The number of hydrogen-bond donors (Lipinski definition) is 0. The molecule has 0 aliphatic heterocycles. The molecule has 0 aromatic heterocycles. The van der Waals surface area contributed by atoms with E-state index in [1.165, 1.54) is 193 Å². The van der Waals surface area contributed by atoms with E-state index in [-0.39, 0.29) is 31.1 Å². The lowest BCUT2D eigenvalue weighted by atomic mass is 10.0. The van der Waals surface area contributed by atoms with Crippen molar-refractivity contribution < 1.29 is 28.6 Å². The Hall–Kier alpha value is -2.63. The molecule has 0 amide bonds. The summed E-state index contributed by atoms with van der Waals surface area (Å²) in [5, 5.41) is 0. The van der Waals surface area contributed by atoms with Crippen molar-refractivity contribution in [3.05, 3.63) is 48.6 Å². The highest BCUT2D eigenvalue weighted by Crippen LogP contribution is 2.16. The Morgan fingerprint density at radius 2 is 0.537 bits per heavy atom. The first kappa shape index (κ1) is 64.4. The molecule has 0 saturated carbocycles. The molecule has 0 aromatic rings. The normalized spacial score (nSPS) is 12.3. The Morgan fingerprint density at radius 3 is 0.910 bits per heavy atom. The van der Waals surface area contributed by atoms with Gasteiger partial charge in [0, 0.05) is 19.3 Å². The summed E-state index contributed by atoms with van der Waals surface area (Å²) in [5.74, 6) is -0.910. The van der Waals surface area contributed by atoms with E-state index in [9.17, 15) is 14.4 Å². The first-order valence-corrected chi connectivity index (χ1v) is 29.1. The average Bonchev–Trinajstić information content (AvgIpc) is 3.33. The van der Waals surface area contributed by atoms with Crippen molar-refractivity contribution in [2.24, 2.45) is 0 Å². The third kappa shape index (κ3) is 54.2.